The van der Waals surface area contributed by atoms with Gasteiger partial charge in [-0.05, 0) is 43.3 Å². The first-order chi connectivity index (χ1) is 14.3. The molecule has 3 amide bonds. The number of imide groups is 1. The molecule has 2 aromatic rings. The van der Waals surface area contributed by atoms with Crippen LogP contribution in [0.15, 0.2) is 48.5 Å². The highest BCUT2D eigenvalue weighted by atomic mass is 19.1. The van der Waals surface area contributed by atoms with Crippen LogP contribution in [0.3, 0.4) is 0 Å². The highest BCUT2D eigenvalue weighted by molar-refractivity contribution is 6.23. The summed E-state index contributed by atoms with van der Waals surface area (Å²) in [6.07, 6.45) is -0.962. The number of methoxy groups -OCH3 is 2. The first-order valence-corrected chi connectivity index (χ1v) is 9.41. The van der Waals surface area contributed by atoms with E-state index in [0.29, 0.717) is 5.56 Å². The van der Waals surface area contributed by atoms with Gasteiger partial charge in [-0.15, -0.1) is 0 Å². The normalized spacial score (nSPS) is 16.4. The van der Waals surface area contributed by atoms with Crippen LogP contribution >= 0.6 is 0 Å². The van der Waals surface area contributed by atoms with Crippen LogP contribution in [-0.2, 0) is 19.1 Å². The van der Waals surface area contributed by atoms with Crippen molar-refractivity contribution in [2.45, 2.75) is 25.7 Å². The van der Waals surface area contributed by atoms with Gasteiger partial charge in [0, 0.05) is 19.8 Å². The van der Waals surface area contributed by atoms with E-state index < -0.39 is 35.9 Å². The Labute approximate surface area is 174 Å². The van der Waals surface area contributed by atoms with Gasteiger partial charge in [-0.25, -0.2) is 9.29 Å². The molecule has 2 aromatic carbocycles. The predicted octanol–water partition coefficient (Wildman–Crippen LogP) is 2.53. The molecule has 3 rings (SSSR count). The quantitative estimate of drug-likeness (QED) is 0.514. The third kappa shape index (κ3) is 4.39. The van der Waals surface area contributed by atoms with E-state index in [2.05, 4.69) is 0 Å². The molecule has 7 nitrogen and oxygen atoms in total. The molecule has 0 saturated carbocycles. The fourth-order valence-electron chi connectivity index (χ4n) is 3.34. The van der Waals surface area contributed by atoms with Gasteiger partial charge in [0.2, 0.25) is 5.91 Å². The largest absolute Gasteiger partial charge is 0.354 e. The molecule has 0 radical (unpaired) electrons. The number of nitrogens with zero attached hydrogens (tertiary/aromatic N) is 2. The Bertz CT molecular complexity index is 926. The van der Waals surface area contributed by atoms with Gasteiger partial charge >= 0.3 is 0 Å². The molecule has 158 valence electrons. The van der Waals surface area contributed by atoms with Crippen LogP contribution in [0.2, 0.25) is 0 Å². The minimum atomic E-state index is -1.02. The monoisotopic (exact) mass is 414 g/mol. The SMILES string of the molecule is COC(CN(C(=O)c1ccc(C)cc1)C1CC(=O)N(c2ccc(F)cc2)C1=O)OC. The number of carbonyl (C=O) groups excluding carboxylic acids is 3. The van der Waals surface area contributed by atoms with E-state index in [9.17, 15) is 18.8 Å². The summed E-state index contributed by atoms with van der Waals surface area (Å²) in [5.74, 6) is -1.92. The number of benzene rings is 2. The summed E-state index contributed by atoms with van der Waals surface area (Å²) < 4.78 is 23.7. The average molecular weight is 414 g/mol. The van der Waals surface area contributed by atoms with Crippen LogP contribution in [-0.4, -0.2) is 55.7 Å². The third-order valence-electron chi connectivity index (χ3n) is 5.01. The molecular formula is C22H23FN2O5. The van der Waals surface area contributed by atoms with Gasteiger partial charge in [-0.3, -0.25) is 14.4 Å². The molecule has 1 atom stereocenters. The van der Waals surface area contributed by atoms with Crippen molar-refractivity contribution in [3.8, 4) is 0 Å². The number of carbonyl (C=O) groups is 3. The summed E-state index contributed by atoms with van der Waals surface area (Å²) in [5.41, 5.74) is 1.62. The molecule has 1 fully saturated rings. The Kier molecular flexibility index (Phi) is 6.59. The number of hydrogen-bond donors (Lipinski definition) is 0. The number of halogens is 1. The summed E-state index contributed by atoms with van der Waals surface area (Å²) in [4.78, 5) is 41.3. The van der Waals surface area contributed by atoms with Gasteiger partial charge in [0.25, 0.3) is 11.8 Å². The van der Waals surface area contributed by atoms with Crippen LogP contribution in [0.25, 0.3) is 0 Å². The molecular weight excluding hydrogens is 391 g/mol. The van der Waals surface area contributed by atoms with Crippen molar-refractivity contribution in [1.29, 1.82) is 0 Å². The summed E-state index contributed by atoms with van der Waals surface area (Å²) in [7, 11) is 2.85. The molecule has 0 spiro atoms. The molecule has 1 aliphatic heterocycles. The van der Waals surface area contributed by atoms with Crippen LogP contribution in [0.4, 0.5) is 10.1 Å². The number of ether oxygens (including phenoxy) is 2. The lowest BCUT2D eigenvalue weighted by molar-refractivity contribution is -0.128. The van der Waals surface area contributed by atoms with Crippen molar-refractivity contribution < 1.29 is 28.2 Å². The highest BCUT2D eigenvalue weighted by Gasteiger charge is 2.45. The maximum atomic E-state index is 13.2. The second-order valence-corrected chi connectivity index (χ2v) is 6.99. The zero-order valence-electron chi connectivity index (χ0n) is 17.0. The van der Waals surface area contributed by atoms with Gasteiger partial charge in [0.15, 0.2) is 6.29 Å². The Hall–Kier alpha value is -3.10. The average Bonchev–Trinajstić information content (AvgIpc) is 3.03. The van der Waals surface area contributed by atoms with Gasteiger partial charge in [-0.2, -0.15) is 0 Å². The summed E-state index contributed by atoms with van der Waals surface area (Å²) in [6, 6.07) is 10.9. The molecule has 1 unspecified atom stereocenters. The predicted molar refractivity (Wildman–Crippen MR) is 107 cm³/mol. The van der Waals surface area contributed by atoms with Crippen LogP contribution in [0.1, 0.15) is 22.3 Å². The van der Waals surface area contributed by atoms with E-state index in [1.807, 2.05) is 6.92 Å². The second-order valence-electron chi connectivity index (χ2n) is 6.99. The zero-order chi connectivity index (χ0) is 21.8. The number of rotatable bonds is 7. The Morgan fingerprint density at radius 2 is 1.70 bits per heavy atom. The molecule has 0 aromatic heterocycles. The first-order valence-electron chi connectivity index (χ1n) is 9.41. The van der Waals surface area contributed by atoms with Crippen LogP contribution in [0.5, 0.6) is 0 Å². The summed E-state index contributed by atoms with van der Waals surface area (Å²) >= 11 is 0. The van der Waals surface area contributed by atoms with E-state index >= 15 is 0 Å². The topological polar surface area (TPSA) is 76.2 Å². The summed E-state index contributed by atoms with van der Waals surface area (Å²) in [5, 5.41) is 0. The van der Waals surface area contributed by atoms with E-state index in [1.165, 1.54) is 43.4 Å². The number of hydrogen-bond acceptors (Lipinski definition) is 5. The summed E-state index contributed by atoms with van der Waals surface area (Å²) in [6.45, 7) is 1.86. The lowest BCUT2D eigenvalue weighted by Crippen LogP contribution is -2.49. The molecule has 30 heavy (non-hydrogen) atoms. The maximum absolute atomic E-state index is 13.2. The number of anilines is 1. The fraction of sp³-hybridized carbons (Fsp3) is 0.318. The molecule has 0 N–H and O–H groups in total. The minimum Gasteiger partial charge on any atom is -0.354 e. The van der Waals surface area contributed by atoms with E-state index in [-0.39, 0.29) is 18.7 Å². The molecule has 8 heteroatoms. The second kappa shape index (κ2) is 9.15. The van der Waals surface area contributed by atoms with Crippen molar-refractivity contribution in [3.63, 3.8) is 0 Å². The van der Waals surface area contributed by atoms with Crippen LogP contribution < -0.4 is 4.90 Å². The van der Waals surface area contributed by atoms with Crippen molar-refractivity contribution in [2.24, 2.45) is 0 Å². The molecule has 0 bridgehead atoms. The van der Waals surface area contributed by atoms with Crippen LogP contribution in [0, 0.1) is 12.7 Å². The maximum Gasteiger partial charge on any atom is 0.257 e. The standard InChI is InChI=1S/C22H23FN2O5/c1-14-4-6-15(7-5-14)21(27)24(13-20(29-2)30-3)18-12-19(26)25(22(18)28)17-10-8-16(23)9-11-17/h4-11,18,20H,12-13H2,1-3H3. The Morgan fingerprint density at radius 1 is 1.10 bits per heavy atom. The molecule has 0 aliphatic carbocycles. The van der Waals surface area contributed by atoms with E-state index in [4.69, 9.17) is 9.47 Å². The van der Waals surface area contributed by atoms with E-state index in [1.54, 1.807) is 24.3 Å². The van der Waals surface area contributed by atoms with Crippen molar-refractivity contribution >= 4 is 23.4 Å². The zero-order valence-corrected chi connectivity index (χ0v) is 17.0. The number of aryl methyl sites for hydroxylation is 1. The Balaban J connectivity index is 1.93. The van der Waals surface area contributed by atoms with Crippen molar-refractivity contribution in [2.75, 3.05) is 25.7 Å². The van der Waals surface area contributed by atoms with Crippen molar-refractivity contribution in [1.82, 2.24) is 4.90 Å². The molecule has 1 saturated heterocycles. The fourth-order valence-corrected chi connectivity index (χ4v) is 3.34. The Morgan fingerprint density at radius 3 is 2.27 bits per heavy atom. The lowest BCUT2D eigenvalue weighted by atomic mass is 10.1. The minimum absolute atomic E-state index is 0.0410. The van der Waals surface area contributed by atoms with Gasteiger partial charge in [0.1, 0.15) is 11.9 Å². The van der Waals surface area contributed by atoms with Gasteiger partial charge < -0.3 is 14.4 Å². The first kappa shape index (κ1) is 21.6. The van der Waals surface area contributed by atoms with Gasteiger partial charge in [0.05, 0.1) is 18.7 Å². The molecule has 1 aliphatic rings. The highest BCUT2D eigenvalue weighted by Crippen LogP contribution is 2.27. The number of amides is 3. The lowest BCUT2D eigenvalue weighted by Gasteiger charge is -2.30. The smallest absolute Gasteiger partial charge is 0.257 e. The third-order valence-corrected chi connectivity index (χ3v) is 5.01. The molecule has 1 heterocycles. The van der Waals surface area contributed by atoms with Gasteiger partial charge in [-0.1, -0.05) is 17.7 Å². The van der Waals surface area contributed by atoms with E-state index in [0.717, 1.165) is 10.5 Å². The van der Waals surface area contributed by atoms with Crippen molar-refractivity contribution in [3.05, 3.63) is 65.5 Å².